The molecule has 0 saturated heterocycles. The monoisotopic (exact) mass is 229 g/mol. The van der Waals surface area contributed by atoms with Crippen LogP contribution in [0.4, 0.5) is 0 Å². The number of carbonyl (C=O) groups excluding carboxylic acids is 1. The molecule has 0 radical (unpaired) electrons. The van der Waals surface area contributed by atoms with E-state index in [0.29, 0.717) is 12.5 Å². The third-order valence-electron chi connectivity index (χ3n) is 1.57. The van der Waals surface area contributed by atoms with Crippen molar-refractivity contribution in [2.45, 2.75) is 6.42 Å². The predicted molar refractivity (Wildman–Crippen MR) is 58.0 cm³/mol. The molecule has 0 aliphatic heterocycles. The highest BCUT2D eigenvalue weighted by Gasteiger charge is 2.00. The number of rotatable bonds is 6. The van der Waals surface area contributed by atoms with E-state index in [1.807, 2.05) is 0 Å². The molecule has 0 fully saturated rings. The number of aromatic nitrogens is 1. The Kier molecular flexibility index (Phi) is 4.70. The topological polar surface area (TPSA) is 80.5 Å². The first-order valence-corrected chi connectivity index (χ1v) is 4.93. The Labute approximate surface area is 92.2 Å². The molecule has 1 aromatic rings. The van der Waals surface area contributed by atoms with Crippen molar-refractivity contribution in [1.29, 1.82) is 0 Å². The van der Waals surface area contributed by atoms with Crippen molar-refractivity contribution < 1.29 is 9.63 Å². The third-order valence-corrected chi connectivity index (χ3v) is 1.72. The van der Waals surface area contributed by atoms with Crippen LogP contribution in [0.3, 0.4) is 0 Å². The van der Waals surface area contributed by atoms with Crippen LogP contribution in [0.2, 0.25) is 0 Å². The fourth-order valence-corrected chi connectivity index (χ4v) is 1.08. The Morgan fingerprint density at radius 1 is 1.67 bits per heavy atom. The molecule has 6 heteroatoms. The van der Waals surface area contributed by atoms with Gasteiger partial charge in [-0.15, -0.1) is 11.6 Å². The van der Waals surface area contributed by atoms with Crippen molar-refractivity contribution in [1.82, 2.24) is 4.98 Å². The zero-order valence-corrected chi connectivity index (χ0v) is 8.83. The Morgan fingerprint density at radius 2 is 2.47 bits per heavy atom. The summed E-state index contributed by atoms with van der Waals surface area (Å²) in [6.07, 6.45) is 1.70. The number of H-pyrrole nitrogens is 1. The second-order valence-electron chi connectivity index (χ2n) is 2.84. The van der Waals surface area contributed by atoms with Gasteiger partial charge in [0.05, 0.1) is 24.2 Å². The molecule has 15 heavy (non-hydrogen) atoms. The molecular formula is C9H12ClN3O2. The summed E-state index contributed by atoms with van der Waals surface area (Å²) in [5.74, 6) is 0.0216. The summed E-state index contributed by atoms with van der Waals surface area (Å²) in [6, 6.07) is 3.56. The largest absolute Gasteiger partial charge is 0.394 e. The molecule has 1 rings (SSSR count). The minimum atomic E-state index is -0.376. The van der Waals surface area contributed by atoms with E-state index in [2.05, 4.69) is 10.1 Å². The van der Waals surface area contributed by atoms with Crippen LogP contribution >= 0.6 is 11.6 Å². The van der Waals surface area contributed by atoms with Gasteiger partial charge in [-0.05, 0) is 12.1 Å². The van der Waals surface area contributed by atoms with E-state index in [1.54, 1.807) is 12.1 Å². The third kappa shape index (κ3) is 4.51. The standard InChI is InChI=1S/C9H12ClN3O2/c10-3-4-15-12-6-8-2-1-7(13-8)5-9(11)14/h1-2,6,13H,3-5H2,(H2,11,14)/b12-6+. The molecule has 5 nitrogen and oxygen atoms in total. The summed E-state index contributed by atoms with van der Waals surface area (Å²) in [6.45, 7) is 0.368. The predicted octanol–water partition coefficient (Wildman–Crippen LogP) is 0.632. The molecule has 0 saturated carbocycles. The van der Waals surface area contributed by atoms with Gasteiger partial charge < -0.3 is 15.6 Å². The molecule has 0 aromatic carbocycles. The van der Waals surface area contributed by atoms with Gasteiger partial charge in [0.25, 0.3) is 0 Å². The van der Waals surface area contributed by atoms with Crippen LogP contribution in [0.1, 0.15) is 11.4 Å². The van der Waals surface area contributed by atoms with Crippen LogP contribution in [0.5, 0.6) is 0 Å². The molecule has 1 amide bonds. The molecule has 0 aliphatic carbocycles. The quantitative estimate of drug-likeness (QED) is 0.325. The SMILES string of the molecule is NC(=O)Cc1ccc(/C=N/OCCCl)[nH]1. The fourth-order valence-electron chi connectivity index (χ4n) is 1.01. The van der Waals surface area contributed by atoms with E-state index in [0.717, 1.165) is 11.4 Å². The average molecular weight is 230 g/mol. The van der Waals surface area contributed by atoms with Crippen LogP contribution < -0.4 is 5.73 Å². The van der Waals surface area contributed by atoms with Crippen molar-refractivity contribution in [2.24, 2.45) is 10.9 Å². The van der Waals surface area contributed by atoms with Gasteiger partial charge in [0.2, 0.25) is 5.91 Å². The Morgan fingerprint density at radius 3 is 3.13 bits per heavy atom. The summed E-state index contributed by atoms with van der Waals surface area (Å²) < 4.78 is 0. The summed E-state index contributed by atoms with van der Waals surface area (Å²) in [7, 11) is 0. The lowest BCUT2D eigenvalue weighted by atomic mass is 10.3. The molecular weight excluding hydrogens is 218 g/mol. The smallest absolute Gasteiger partial charge is 0.223 e. The van der Waals surface area contributed by atoms with E-state index in [4.69, 9.17) is 22.2 Å². The normalized spacial score (nSPS) is 10.7. The molecule has 1 aromatic heterocycles. The van der Waals surface area contributed by atoms with E-state index in [1.165, 1.54) is 6.21 Å². The number of nitrogens with two attached hydrogens (primary N) is 1. The first kappa shape index (κ1) is 11.6. The van der Waals surface area contributed by atoms with E-state index < -0.39 is 0 Å². The molecule has 0 aliphatic rings. The van der Waals surface area contributed by atoms with Gasteiger partial charge in [-0.1, -0.05) is 5.16 Å². The Balaban J connectivity index is 2.45. The molecule has 0 bridgehead atoms. The number of nitrogens with one attached hydrogen (secondary N) is 1. The minimum absolute atomic E-state index is 0.191. The molecule has 0 unspecified atom stereocenters. The fraction of sp³-hybridized carbons (Fsp3) is 0.333. The van der Waals surface area contributed by atoms with Crippen LogP contribution in [0, 0.1) is 0 Å². The maximum atomic E-state index is 10.6. The van der Waals surface area contributed by atoms with Crippen molar-refractivity contribution in [3.05, 3.63) is 23.5 Å². The second-order valence-corrected chi connectivity index (χ2v) is 3.22. The number of primary amides is 1. The molecule has 82 valence electrons. The number of aromatic amines is 1. The number of oxime groups is 1. The summed E-state index contributed by atoms with van der Waals surface area (Å²) >= 11 is 5.39. The average Bonchev–Trinajstić information content (AvgIpc) is 2.59. The number of halogens is 1. The van der Waals surface area contributed by atoms with Gasteiger partial charge in [-0.25, -0.2) is 0 Å². The molecule has 0 atom stereocenters. The van der Waals surface area contributed by atoms with Gasteiger partial charge in [0, 0.05) is 5.69 Å². The summed E-state index contributed by atoms with van der Waals surface area (Å²) in [5.41, 5.74) is 6.54. The van der Waals surface area contributed by atoms with Crippen LogP contribution in [-0.2, 0) is 16.1 Å². The highest BCUT2D eigenvalue weighted by atomic mass is 35.5. The number of nitrogens with zero attached hydrogens (tertiary/aromatic N) is 1. The van der Waals surface area contributed by atoms with Crippen LogP contribution in [0.15, 0.2) is 17.3 Å². The molecule has 3 N–H and O–H groups in total. The number of carbonyl (C=O) groups is 1. The van der Waals surface area contributed by atoms with Gasteiger partial charge in [0.1, 0.15) is 6.61 Å². The van der Waals surface area contributed by atoms with Gasteiger partial charge in [-0.3, -0.25) is 4.79 Å². The highest BCUT2D eigenvalue weighted by Crippen LogP contribution is 2.00. The van der Waals surface area contributed by atoms with E-state index in [9.17, 15) is 4.79 Å². The zero-order valence-electron chi connectivity index (χ0n) is 8.07. The zero-order chi connectivity index (χ0) is 11.1. The lowest BCUT2D eigenvalue weighted by Crippen LogP contribution is -2.13. The first-order chi connectivity index (χ1) is 7.22. The van der Waals surface area contributed by atoms with E-state index in [-0.39, 0.29) is 12.3 Å². The molecule has 1 heterocycles. The van der Waals surface area contributed by atoms with Crippen LogP contribution in [-0.4, -0.2) is 29.6 Å². The van der Waals surface area contributed by atoms with Crippen molar-refractivity contribution in [2.75, 3.05) is 12.5 Å². The van der Waals surface area contributed by atoms with Gasteiger partial charge in [0.15, 0.2) is 0 Å². The number of hydrogen-bond donors (Lipinski definition) is 2. The lowest BCUT2D eigenvalue weighted by Gasteiger charge is -1.92. The Bertz CT molecular complexity index is 349. The van der Waals surface area contributed by atoms with Gasteiger partial charge in [-0.2, -0.15) is 0 Å². The van der Waals surface area contributed by atoms with E-state index >= 15 is 0 Å². The lowest BCUT2D eigenvalue weighted by molar-refractivity contribution is -0.117. The highest BCUT2D eigenvalue weighted by molar-refractivity contribution is 6.17. The Hall–Kier alpha value is -1.49. The van der Waals surface area contributed by atoms with Crippen molar-refractivity contribution in [3.8, 4) is 0 Å². The number of amides is 1. The van der Waals surface area contributed by atoms with Crippen LogP contribution in [0.25, 0.3) is 0 Å². The second kappa shape index (κ2) is 6.08. The minimum Gasteiger partial charge on any atom is -0.394 e. The van der Waals surface area contributed by atoms with Crippen molar-refractivity contribution in [3.63, 3.8) is 0 Å². The van der Waals surface area contributed by atoms with Gasteiger partial charge >= 0.3 is 0 Å². The maximum absolute atomic E-state index is 10.6. The summed E-state index contributed by atoms with van der Waals surface area (Å²) in [4.78, 5) is 18.4. The number of alkyl halides is 1. The maximum Gasteiger partial charge on any atom is 0.223 e. The first-order valence-electron chi connectivity index (χ1n) is 4.40. The van der Waals surface area contributed by atoms with Crippen molar-refractivity contribution >= 4 is 23.7 Å². The molecule has 0 spiro atoms. The number of hydrogen-bond acceptors (Lipinski definition) is 3. The summed E-state index contributed by atoms with van der Waals surface area (Å²) in [5, 5.41) is 3.67.